The third-order valence-electron chi connectivity index (χ3n) is 9.50. The fourth-order valence-corrected chi connectivity index (χ4v) is 7.56. The number of nitrogens with two attached hydrogens (primary N) is 1. The van der Waals surface area contributed by atoms with E-state index >= 15 is 0 Å². The smallest absolute Gasteiger partial charge is 0.404 e. The summed E-state index contributed by atoms with van der Waals surface area (Å²) in [4.78, 5) is 32.2. The molecule has 3 N–H and O–H groups in total. The summed E-state index contributed by atoms with van der Waals surface area (Å²) in [6.45, 7) is 3.52. The van der Waals surface area contributed by atoms with Gasteiger partial charge in [-0.3, -0.25) is 9.20 Å². The van der Waals surface area contributed by atoms with Crippen molar-refractivity contribution in [2.75, 3.05) is 25.5 Å². The number of imidazole rings is 1. The summed E-state index contributed by atoms with van der Waals surface area (Å²) in [6, 6.07) is 12.5. The summed E-state index contributed by atoms with van der Waals surface area (Å²) in [5.41, 5.74) is 11.8. The number of benzene rings is 1. The van der Waals surface area contributed by atoms with Crippen molar-refractivity contribution in [3.05, 3.63) is 47.7 Å². The topological polar surface area (TPSA) is 116 Å². The van der Waals surface area contributed by atoms with Crippen molar-refractivity contribution < 1.29 is 19.1 Å². The number of carbonyl (C=O) groups excluding carboxylic acids is 2. The van der Waals surface area contributed by atoms with Crippen LogP contribution in [0.4, 0.5) is 10.5 Å². The molecular formula is C30H32N6O4. The minimum atomic E-state index is -0.788. The van der Waals surface area contributed by atoms with Crippen molar-refractivity contribution >= 4 is 34.2 Å². The van der Waals surface area contributed by atoms with Crippen LogP contribution in [0.1, 0.15) is 47.8 Å². The van der Waals surface area contributed by atoms with Gasteiger partial charge in [0.05, 0.1) is 41.8 Å². The normalized spacial score (nSPS) is 25.0. The molecule has 2 aliphatic carbocycles. The Kier molecular flexibility index (Phi) is 4.96. The third kappa shape index (κ3) is 3.31. The molecule has 2 aliphatic heterocycles. The first-order valence-corrected chi connectivity index (χ1v) is 14.1. The van der Waals surface area contributed by atoms with Crippen molar-refractivity contribution in [3.8, 4) is 17.3 Å². The number of pyridine rings is 1. The molecule has 10 nitrogen and oxygen atoms in total. The van der Waals surface area contributed by atoms with Gasteiger partial charge in [0, 0.05) is 36.0 Å². The van der Waals surface area contributed by atoms with Gasteiger partial charge in [0.15, 0.2) is 5.88 Å². The average Bonchev–Trinajstić information content (AvgIpc) is 3.37. The SMILES string of the molecule is COc1cc(C(=O)N2C[C@H]3CC[C@@H]2[C@@H]3OC(N)=O)cc2nc(-c3cc4cccc5c4n3C(C3CC3)CN5)c(C)n12. The first-order valence-electron chi connectivity index (χ1n) is 14.1. The lowest BCUT2D eigenvalue weighted by molar-refractivity contribution is 0.0598. The summed E-state index contributed by atoms with van der Waals surface area (Å²) in [5, 5.41) is 4.85. The number of nitrogens with one attached hydrogen (secondary N) is 1. The lowest BCUT2D eigenvalue weighted by Crippen LogP contribution is -2.40. The van der Waals surface area contributed by atoms with Gasteiger partial charge in [-0.25, -0.2) is 9.78 Å². The lowest BCUT2D eigenvalue weighted by Gasteiger charge is -2.29. The number of rotatable bonds is 5. The number of carbonyl (C=O) groups is 2. The maximum atomic E-state index is 13.8. The van der Waals surface area contributed by atoms with Crippen LogP contribution in [-0.2, 0) is 4.74 Å². The van der Waals surface area contributed by atoms with Crippen LogP contribution in [-0.4, -0.2) is 63.2 Å². The molecule has 8 rings (SSSR count). The van der Waals surface area contributed by atoms with E-state index in [1.807, 2.05) is 15.4 Å². The first kappa shape index (κ1) is 23.7. The molecule has 206 valence electrons. The Bertz CT molecular complexity index is 1720. The van der Waals surface area contributed by atoms with E-state index in [9.17, 15) is 9.59 Å². The van der Waals surface area contributed by atoms with Gasteiger partial charge in [-0.05, 0) is 56.7 Å². The number of primary amides is 1. The number of anilines is 1. The highest BCUT2D eigenvalue weighted by Gasteiger charge is 2.51. The number of nitrogens with zero attached hydrogens (tertiary/aromatic N) is 4. The Morgan fingerprint density at radius 3 is 2.67 bits per heavy atom. The Hall–Kier alpha value is -4.21. The quantitative estimate of drug-likeness (QED) is 0.389. The standard InChI is InChI=1S/C30H32N6O4/c1-15-26(22-10-17-4-3-5-20-27(17)36(22)23(13-32-20)16-6-7-16)33-24-11-19(12-25(39-2)35(15)24)29(37)34-14-18-8-9-21(34)28(18)40-30(31)38/h3-5,10-12,16,18,21,23,28,32H,6-9,13-14H2,1-2H3,(H2,31,38)/t18-,21-,23?,28-/m1/s1. The second-order valence-electron chi connectivity index (χ2n) is 11.7. The summed E-state index contributed by atoms with van der Waals surface area (Å²) >= 11 is 0. The molecule has 4 atom stereocenters. The van der Waals surface area contributed by atoms with Crippen molar-refractivity contribution in [2.45, 2.75) is 50.8 Å². The van der Waals surface area contributed by atoms with Crippen molar-refractivity contribution in [1.29, 1.82) is 0 Å². The summed E-state index contributed by atoms with van der Waals surface area (Å²) in [5.74, 6) is 1.24. The van der Waals surface area contributed by atoms with Gasteiger partial charge < -0.3 is 30.0 Å². The number of likely N-dealkylation sites (tertiary alicyclic amines) is 1. The number of hydrogen-bond acceptors (Lipinski definition) is 6. The van der Waals surface area contributed by atoms with Crippen LogP contribution in [0.5, 0.6) is 5.88 Å². The summed E-state index contributed by atoms with van der Waals surface area (Å²) in [7, 11) is 1.62. The molecule has 10 heteroatoms. The van der Waals surface area contributed by atoms with E-state index in [1.54, 1.807) is 13.2 Å². The Labute approximate surface area is 231 Å². The molecule has 4 aliphatic rings. The number of amides is 2. The molecule has 1 saturated heterocycles. The van der Waals surface area contributed by atoms with Gasteiger partial charge in [-0.1, -0.05) is 12.1 Å². The zero-order chi connectivity index (χ0) is 27.3. The fourth-order valence-electron chi connectivity index (χ4n) is 7.56. The molecule has 0 radical (unpaired) electrons. The number of fused-ring (bicyclic) bond motifs is 3. The molecule has 2 bridgehead atoms. The Morgan fingerprint density at radius 2 is 1.90 bits per heavy atom. The molecule has 4 aromatic rings. The molecule has 1 aromatic carbocycles. The monoisotopic (exact) mass is 540 g/mol. The van der Waals surface area contributed by atoms with Crippen molar-refractivity contribution in [3.63, 3.8) is 0 Å². The lowest BCUT2D eigenvalue weighted by atomic mass is 10.1. The molecule has 0 spiro atoms. The summed E-state index contributed by atoms with van der Waals surface area (Å²) < 4.78 is 15.7. The van der Waals surface area contributed by atoms with Crippen LogP contribution < -0.4 is 15.8 Å². The molecule has 3 fully saturated rings. The highest BCUT2D eigenvalue weighted by Crippen LogP contribution is 2.48. The third-order valence-corrected chi connectivity index (χ3v) is 9.50. The van der Waals surface area contributed by atoms with Crippen molar-refractivity contribution in [1.82, 2.24) is 18.9 Å². The number of ether oxygens (including phenoxy) is 2. The molecule has 3 aromatic heterocycles. The van der Waals surface area contributed by atoms with Gasteiger partial charge in [0.1, 0.15) is 17.4 Å². The van der Waals surface area contributed by atoms with Gasteiger partial charge >= 0.3 is 6.09 Å². The van der Waals surface area contributed by atoms with E-state index in [0.29, 0.717) is 35.6 Å². The predicted molar refractivity (Wildman–Crippen MR) is 150 cm³/mol. The molecule has 2 amide bonds. The van der Waals surface area contributed by atoms with Crippen LogP contribution in [0.3, 0.4) is 0 Å². The van der Waals surface area contributed by atoms with E-state index in [1.165, 1.54) is 23.7 Å². The van der Waals surface area contributed by atoms with Crippen LogP contribution in [0.15, 0.2) is 36.4 Å². The molecule has 5 heterocycles. The Morgan fingerprint density at radius 1 is 1.07 bits per heavy atom. The van der Waals surface area contributed by atoms with Crippen LogP contribution in [0.25, 0.3) is 27.9 Å². The number of methoxy groups -OCH3 is 1. The van der Waals surface area contributed by atoms with Gasteiger partial charge in [-0.15, -0.1) is 0 Å². The maximum Gasteiger partial charge on any atom is 0.404 e. The minimum absolute atomic E-state index is 0.110. The minimum Gasteiger partial charge on any atom is -0.482 e. The first-order chi connectivity index (χ1) is 19.4. The van der Waals surface area contributed by atoms with Crippen molar-refractivity contribution in [2.24, 2.45) is 17.6 Å². The predicted octanol–water partition coefficient (Wildman–Crippen LogP) is 4.35. The maximum absolute atomic E-state index is 13.8. The molecule has 1 unspecified atom stereocenters. The van der Waals surface area contributed by atoms with E-state index < -0.39 is 6.09 Å². The number of para-hydroxylation sites is 1. The van der Waals surface area contributed by atoms with Gasteiger partial charge in [0.2, 0.25) is 0 Å². The van der Waals surface area contributed by atoms with Crippen LogP contribution >= 0.6 is 0 Å². The van der Waals surface area contributed by atoms with E-state index in [0.717, 1.165) is 42.2 Å². The highest BCUT2D eigenvalue weighted by molar-refractivity contribution is 5.98. The van der Waals surface area contributed by atoms with E-state index in [4.69, 9.17) is 20.2 Å². The van der Waals surface area contributed by atoms with E-state index in [-0.39, 0.29) is 24.0 Å². The number of piperidine rings is 1. The average molecular weight is 541 g/mol. The van der Waals surface area contributed by atoms with Crippen LogP contribution in [0.2, 0.25) is 0 Å². The largest absolute Gasteiger partial charge is 0.482 e. The molecular weight excluding hydrogens is 508 g/mol. The molecule has 2 saturated carbocycles. The van der Waals surface area contributed by atoms with Gasteiger partial charge in [0.25, 0.3) is 5.91 Å². The zero-order valence-electron chi connectivity index (χ0n) is 22.6. The van der Waals surface area contributed by atoms with Crippen LogP contribution in [0, 0.1) is 18.8 Å². The number of aryl methyl sites for hydroxylation is 1. The Balaban J connectivity index is 1.23. The van der Waals surface area contributed by atoms with E-state index in [2.05, 4.69) is 41.1 Å². The summed E-state index contributed by atoms with van der Waals surface area (Å²) in [6.07, 6.45) is 3.09. The number of aromatic nitrogens is 3. The van der Waals surface area contributed by atoms with Gasteiger partial charge in [-0.2, -0.15) is 0 Å². The highest BCUT2D eigenvalue weighted by atomic mass is 16.6. The fraction of sp³-hybridized carbons (Fsp3) is 0.433. The zero-order valence-corrected chi connectivity index (χ0v) is 22.6. The molecule has 40 heavy (non-hydrogen) atoms. The second-order valence-corrected chi connectivity index (χ2v) is 11.7. The second kappa shape index (κ2) is 8.39. The number of hydrogen-bond donors (Lipinski definition) is 2.